The Kier molecular flexibility index (Phi) is 5.28. The van der Waals surface area contributed by atoms with Crippen LogP contribution < -0.4 is 10.1 Å². The van der Waals surface area contributed by atoms with E-state index in [0.717, 1.165) is 7.11 Å². The molecule has 0 unspecified atom stereocenters. The molecule has 3 aromatic carbocycles. The number of oxazole rings is 1. The molecule has 0 saturated heterocycles. The number of fused-ring (bicyclic) bond motifs is 1. The summed E-state index contributed by atoms with van der Waals surface area (Å²) in [6.07, 6.45) is 0. The average molecular weight is 451 g/mol. The van der Waals surface area contributed by atoms with Crippen LogP contribution in [0.5, 0.6) is 5.75 Å². The summed E-state index contributed by atoms with van der Waals surface area (Å²) in [6.45, 7) is 0. The van der Waals surface area contributed by atoms with E-state index in [-0.39, 0.29) is 11.6 Å². The number of anilines is 1. The maximum absolute atomic E-state index is 14.2. The first-order valence-corrected chi connectivity index (χ1v) is 9.05. The van der Waals surface area contributed by atoms with E-state index >= 15 is 0 Å². The molecule has 1 heterocycles. The Bertz CT molecular complexity index is 1310. The van der Waals surface area contributed by atoms with Crippen LogP contribution in [-0.4, -0.2) is 18.0 Å². The van der Waals surface area contributed by atoms with Crippen molar-refractivity contribution in [1.82, 2.24) is 4.98 Å². The van der Waals surface area contributed by atoms with Gasteiger partial charge in [-0.25, -0.2) is 13.8 Å². The molecule has 4 rings (SSSR count). The molecule has 1 N–H and O–H groups in total. The van der Waals surface area contributed by atoms with Crippen LogP contribution in [0.15, 0.2) is 46.9 Å². The second-order valence-corrected chi connectivity index (χ2v) is 6.77. The van der Waals surface area contributed by atoms with Crippen molar-refractivity contribution in [3.05, 3.63) is 76.3 Å². The fourth-order valence-corrected chi connectivity index (χ4v) is 3.12. The van der Waals surface area contributed by atoms with Crippen molar-refractivity contribution < 1.29 is 31.5 Å². The molecule has 4 aromatic rings. The van der Waals surface area contributed by atoms with Gasteiger partial charge in [-0.3, -0.25) is 4.79 Å². The molecular formula is C21H11ClF4N2O3. The highest BCUT2D eigenvalue weighted by molar-refractivity contribution is 6.30. The number of ether oxygens (including phenoxy) is 1. The third-order valence-electron chi connectivity index (χ3n) is 4.37. The Hall–Kier alpha value is -3.59. The molecule has 0 bridgehead atoms. The monoisotopic (exact) mass is 450 g/mol. The summed E-state index contributed by atoms with van der Waals surface area (Å²) in [5, 5.41) is 2.67. The van der Waals surface area contributed by atoms with Crippen molar-refractivity contribution in [2.24, 2.45) is 0 Å². The number of nitrogens with zero attached hydrogens (tertiary/aromatic N) is 1. The molecule has 0 radical (unpaired) electrons. The predicted octanol–water partition coefficient (Wildman–Crippen LogP) is 5.97. The normalized spacial score (nSPS) is 11.0. The first-order valence-electron chi connectivity index (χ1n) is 8.68. The first kappa shape index (κ1) is 20.7. The Labute approximate surface area is 177 Å². The molecule has 31 heavy (non-hydrogen) atoms. The molecule has 1 aromatic heterocycles. The van der Waals surface area contributed by atoms with Crippen LogP contribution in [-0.2, 0) is 0 Å². The molecule has 0 fully saturated rings. The zero-order chi connectivity index (χ0) is 22.3. The van der Waals surface area contributed by atoms with Gasteiger partial charge < -0.3 is 14.5 Å². The maximum atomic E-state index is 14.2. The van der Waals surface area contributed by atoms with E-state index in [9.17, 15) is 22.4 Å². The molecule has 0 atom stereocenters. The number of carbonyl (C=O) groups is 1. The zero-order valence-electron chi connectivity index (χ0n) is 15.6. The van der Waals surface area contributed by atoms with Gasteiger partial charge in [0.2, 0.25) is 17.5 Å². The van der Waals surface area contributed by atoms with Crippen LogP contribution >= 0.6 is 11.6 Å². The van der Waals surface area contributed by atoms with E-state index in [4.69, 9.17) is 16.0 Å². The van der Waals surface area contributed by atoms with Crippen LogP contribution in [0.25, 0.3) is 22.6 Å². The molecule has 0 aliphatic heterocycles. The molecule has 1 amide bonds. The number of carbonyl (C=O) groups excluding carboxylic acids is 1. The van der Waals surface area contributed by atoms with Gasteiger partial charge in [-0.05, 0) is 36.4 Å². The highest BCUT2D eigenvalue weighted by Gasteiger charge is 2.30. The number of benzene rings is 3. The van der Waals surface area contributed by atoms with Crippen molar-refractivity contribution in [3.8, 4) is 17.2 Å². The molecule has 0 saturated carbocycles. The Morgan fingerprint density at radius 2 is 1.74 bits per heavy atom. The van der Waals surface area contributed by atoms with Crippen molar-refractivity contribution in [3.63, 3.8) is 0 Å². The predicted molar refractivity (Wildman–Crippen MR) is 105 cm³/mol. The van der Waals surface area contributed by atoms with Crippen LogP contribution in [0, 0.1) is 23.3 Å². The lowest BCUT2D eigenvalue weighted by Crippen LogP contribution is -2.18. The number of methoxy groups -OCH3 is 1. The van der Waals surface area contributed by atoms with Gasteiger partial charge in [0.1, 0.15) is 11.1 Å². The summed E-state index contributed by atoms with van der Waals surface area (Å²) < 4.78 is 66.0. The van der Waals surface area contributed by atoms with E-state index in [1.165, 1.54) is 18.2 Å². The topological polar surface area (TPSA) is 64.4 Å². The highest BCUT2D eigenvalue weighted by atomic mass is 35.5. The number of hydrogen-bond donors (Lipinski definition) is 1. The molecule has 5 nitrogen and oxygen atoms in total. The summed E-state index contributed by atoms with van der Waals surface area (Å²) in [5.41, 5.74) is -0.0511. The van der Waals surface area contributed by atoms with E-state index in [1.807, 2.05) is 0 Å². The molecule has 0 aliphatic rings. The zero-order valence-corrected chi connectivity index (χ0v) is 16.4. The van der Waals surface area contributed by atoms with Crippen LogP contribution in [0.4, 0.5) is 23.2 Å². The quantitative estimate of drug-likeness (QED) is 0.307. The smallest absolute Gasteiger partial charge is 0.261 e. The largest absolute Gasteiger partial charge is 0.491 e. The van der Waals surface area contributed by atoms with Crippen molar-refractivity contribution in [1.29, 1.82) is 0 Å². The number of rotatable bonds is 4. The number of nitrogens with one attached hydrogen (secondary N) is 1. The Morgan fingerprint density at radius 1 is 1.03 bits per heavy atom. The first-order chi connectivity index (χ1) is 14.8. The van der Waals surface area contributed by atoms with Crippen molar-refractivity contribution >= 4 is 34.3 Å². The van der Waals surface area contributed by atoms with Crippen LogP contribution in [0.2, 0.25) is 5.02 Å². The second-order valence-electron chi connectivity index (χ2n) is 6.33. The Morgan fingerprint density at radius 3 is 2.39 bits per heavy atom. The lowest BCUT2D eigenvalue weighted by atomic mass is 10.1. The van der Waals surface area contributed by atoms with Gasteiger partial charge in [0.05, 0.1) is 7.11 Å². The summed E-state index contributed by atoms with van der Waals surface area (Å²) in [7, 11) is 0.838. The minimum Gasteiger partial charge on any atom is -0.491 e. The summed E-state index contributed by atoms with van der Waals surface area (Å²) in [6, 6.07) is 11.0. The lowest BCUT2D eigenvalue weighted by molar-refractivity contribution is 0.101. The lowest BCUT2D eigenvalue weighted by Gasteiger charge is -2.11. The highest BCUT2D eigenvalue weighted by Crippen LogP contribution is 2.31. The fourth-order valence-electron chi connectivity index (χ4n) is 2.93. The molecule has 10 heteroatoms. The average Bonchev–Trinajstić information content (AvgIpc) is 3.16. The van der Waals surface area contributed by atoms with E-state index < -0.39 is 40.5 Å². The standard InChI is InChI=1S/C21H11ClF4N2O3/c1-30-19-17(25)15(23)14(16(24)18(19)26)20(29)27-11-5-6-13-12(8-11)28-21(31-13)9-3-2-4-10(22)7-9/h2-8H,1H3,(H,27,29). The third kappa shape index (κ3) is 3.68. The van der Waals surface area contributed by atoms with Gasteiger partial charge in [0.15, 0.2) is 23.0 Å². The van der Waals surface area contributed by atoms with Gasteiger partial charge in [0.25, 0.3) is 5.91 Å². The van der Waals surface area contributed by atoms with Gasteiger partial charge >= 0.3 is 0 Å². The Balaban J connectivity index is 1.67. The molecular weight excluding hydrogens is 440 g/mol. The van der Waals surface area contributed by atoms with Gasteiger partial charge in [-0.1, -0.05) is 17.7 Å². The summed E-state index contributed by atoms with van der Waals surface area (Å²) in [4.78, 5) is 16.6. The van der Waals surface area contributed by atoms with Crippen LogP contribution in [0.1, 0.15) is 10.4 Å². The molecule has 0 aliphatic carbocycles. The number of hydrogen-bond acceptors (Lipinski definition) is 4. The number of halogens is 5. The van der Waals surface area contributed by atoms with Gasteiger partial charge in [-0.15, -0.1) is 0 Å². The molecule has 0 spiro atoms. The number of amides is 1. The SMILES string of the molecule is COc1c(F)c(F)c(C(=O)Nc2ccc3oc(-c4cccc(Cl)c4)nc3c2)c(F)c1F. The van der Waals surface area contributed by atoms with Gasteiger partial charge in [-0.2, -0.15) is 8.78 Å². The minimum atomic E-state index is -1.88. The second kappa shape index (κ2) is 7.92. The minimum absolute atomic E-state index is 0.0684. The van der Waals surface area contributed by atoms with E-state index in [2.05, 4.69) is 15.0 Å². The third-order valence-corrected chi connectivity index (χ3v) is 4.61. The van der Waals surface area contributed by atoms with E-state index in [1.54, 1.807) is 24.3 Å². The van der Waals surface area contributed by atoms with Crippen molar-refractivity contribution in [2.45, 2.75) is 0 Å². The van der Waals surface area contributed by atoms with Crippen LogP contribution in [0.3, 0.4) is 0 Å². The van der Waals surface area contributed by atoms with Gasteiger partial charge in [0, 0.05) is 16.3 Å². The summed E-state index contributed by atoms with van der Waals surface area (Å²) in [5.74, 6) is -9.78. The summed E-state index contributed by atoms with van der Waals surface area (Å²) >= 11 is 5.96. The fraction of sp³-hybridized carbons (Fsp3) is 0.0476. The number of aromatic nitrogens is 1. The van der Waals surface area contributed by atoms with Crippen molar-refractivity contribution in [2.75, 3.05) is 12.4 Å². The molecule has 158 valence electrons. The van der Waals surface area contributed by atoms with E-state index in [0.29, 0.717) is 21.7 Å². The maximum Gasteiger partial charge on any atom is 0.261 e.